The fraction of sp³-hybridized carbons (Fsp3) is 0.222. The Balaban J connectivity index is 2.22. The highest BCUT2D eigenvalue weighted by Gasteiger charge is 2.22. The maximum absolute atomic E-state index is 12.4. The van der Waals surface area contributed by atoms with Gasteiger partial charge in [0.1, 0.15) is 6.29 Å². The summed E-state index contributed by atoms with van der Waals surface area (Å²) in [4.78, 5) is 23.2. The molecule has 2 aromatic carbocycles. The molecule has 0 radical (unpaired) electrons. The van der Waals surface area contributed by atoms with Gasteiger partial charge in [-0.1, -0.05) is 37.3 Å². The molecule has 22 heavy (non-hydrogen) atoms. The quantitative estimate of drug-likeness (QED) is 0.464. The lowest BCUT2D eigenvalue weighted by atomic mass is 9.97. The van der Waals surface area contributed by atoms with Crippen molar-refractivity contribution in [3.8, 4) is 11.5 Å². The minimum atomic E-state index is -0.342. The van der Waals surface area contributed by atoms with E-state index in [0.717, 1.165) is 5.56 Å². The second-order valence-corrected chi connectivity index (χ2v) is 4.82. The van der Waals surface area contributed by atoms with Crippen molar-refractivity contribution in [1.29, 1.82) is 0 Å². The summed E-state index contributed by atoms with van der Waals surface area (Å²) in [7, 11) is 1.47. The summed E-state index contributed by atoms with van der Waals surface area (Å²) in [5, 5.41) is 0. The molecule has 0 saturated carbocycles. The Morgan fingerprint density at radius 3 is 2.45 bits per heavy atom. The van der Waals surface area contributed by atoms with E-state index in [2.05, 4.69) is 0 Å². The first kappa shape index (κ1) is 15.8. The van der Waals surface area contributed by atoms with Crippen molar-refractivity contribution in [3.05, 3.63) is 59.7 Å². The molecule has 0 N–H and O–H groups in total. The van der Waals surface area contributed by atoms with E-state index in [1.54, 1.807) is 18.2 Å². The van der Waals surface area contributed by atoms with Crippen molar-refractivity contribution < 1.29 is 19.1 Å². The van der Waals surface area contributed by atoms with Gasteiger partial charge in [0.05, 0.1) is 13.0 Å². The molecule has 2 rings (SSSR count). The highest BCUT2D eigenvalue weighted by molar-refractivity contribution is 5.82. The number of carbonyl (C=O) groups excluding carboxylic acids is 2. The lowest BCUT2D eigenvalue weighted by molar-refractivity contribution is -0.136. The fourth-order valence-corrected chi connectivity index (χ4v) is 2.25. The van der Waals surface area contributed by atoms with E-state index >= 15 is 0 Å². The lowest BCUT2D eigenvalue weighted by Crippen LogP contribution is -2.18. The molecule has 114 valence electrons. The SMILES string of the molecule is CCC(C(=O)Oc1ccc(C=O)cc1OC)c1ccccc1. The number of rotatable bonds is 6. The molecular weight excluding hydrogens is 280 g/mol. The Hall–Kier alpha value is -2.62. The van der Waals surface area contributed by atoms with Gasteiger partial charge < -0.3 is 9.47 Å². The van der Waals surface area contributed by atoms with E-state index in [-0.39, 0.29) is 11.9 Å². The zero-order valence-electron chi connectivity index (χ0n) is 12.6. The molecule has 0 aliphatic carbocycles. The number of hydrogen-bond acceptors (Lipinski definition) is 4. The van der Waals surface area contributed by atoms with Crippen molar-refractivity contribution >= 4 is 12.3 Å². The molecule has 4 heteroatoms. The van der Waals surface area contributed by atoms with Gasteiger partial charge in [-0.05, 0) is 30.2 Å². The average Bonchev–Trinajstić information content (AvgIpc) is 2.57. The maximum Gasteiger partial charge on any atom is 0.318 e. The summed E-state index contributed by atoms with van der Waals surface area (Å²) >= 11 is 0. The Morgan fingerprint density at radius 1 is 1.14 bits per heavy atom. The van der Waals surface area contributed by atoms with Crippen molar-refractivity contribution in [2.45, 2.75) is 19.3 Å². The van der Waals surface area contributed by atoms with Gasteiger partial charge in [0, 0.05) is 5.56 Å². The van der Waals surface area contributed by atoms with Crippen LogP contribution in [-0.4, -0.2) is 19.4 Å². The van der Waals surface area contributed by atoms with Crippen LogP contribution in [0, 0.1) is 0 Å². The van der Waals surface area contributed by atoms with Crippen LogP contribution in [0.15, 0.2) is 48.5 Å². The third kappa shape index (κ3) is 3.52. The molecule has 0 aromatic heterocycles. The highest BCUT2D eigenvalue weighted by atomic mass is 16.6. The molecule has 1 atom stereocenters. The molecule has 0 bridgehead atoms. The van der Waals surface area contributed by atoms with Crippen LogP contribution in [0.25, 0.3) is 0 Å². The van der Waals surface area contributed by atoms with Crippen LogP contribution >= 0.6 is 0 Å². The number of carbonyl (C=O) groups is 2. The summed E-state index contributed by atoms with van der Waals surface area (Å²) < 4.78 is 10.6. The van der Waals surface area contributed by atoms with Gasteiger partial charge >= 0.3 is 5.97 Å². The summed E-state index contributed by atoms with van der Waals surface area (Å²) in [6.07, 6.45) is 1.35. The van der Waals surface area contributed by atoms with Crippen LogP contribution in [0.2, 0.25) is 0 Å². The van der Waals surface area contributed by atoms with Crippen molar-refractivity contribution in [2.75, 3.05) is 7.11 Å². The number of ether oxygens (including phenoxy) is 2. The van der Waals surface area contributed by atoms with E-state index in [0.29, 0.717) is 29.8 Å². The lowest BCUT2D eigenvalue weighted by Gasteiger charge is -2.16. The molecule has 0 heterocycles. The van der Waals surface area contributed by atoms with Crippen molar-refractivity contribution in [3.63, 3.8) is 0 Å². The number of hydrogen-bond donors (Lipinski definition) is 0. The van der Waals surface area contributed by atoms with Gasteiger partial charge in [0.25, 0.3) is 0 Å². The van der Waals surface area contributed by atoms with E-state index in [9.17, 15) is 9.59 Å². The van der Waals surface area contributed by atoms with Crippen LogP contribution in [-0.2, 0) is 4.79 Å². The topological polar surface area (TPSA) is 52.6 Å². The predicted molar refractivity (Wildman–Crippen MR) is 83.5 cm³/mol. The van der Waals surface area contributed by atoms with Crippen LogP contribution in [0.3, 0.4) is 0 Å². The molecule has 4 nitrogen and oxygen atoms in total. The smallest absolute Gasteiger partial charge is 0.318 e. The van der Waals surface area contributed by atoms with Crippen LogP contribution < -0.4 is 9.47 Å². The van der Waals surface area contributed by atoms with E-state index in [1.807, 2.05) is 37.3 Å². The molecular formula is C18H18O4. The van der Waals surface area contributed by atoms with Crippen LogP contribution in [0.5, 0.6) is 11.5 Å². The number of methoxy groups -OCH3 is 1. The number of esters is 1. The minimum Gasteiger partial charge on any atom is -0.493 e. The Bertz CT molecular complexity index is 649. The average molecular weight is 298 g/mol. The van der Waals surface area contributed by atoms with Gasteiger partial charge in [0.2, 0.25) is 0 Å². The number of benzene rings is 2. The third-order valence-corrected chi connectivity index (χ3v) is 3.43. The third-order valence-electron chi connectivity index (χ3n) is 3.43. The Kier molecular flexibility index (Phi) is 5.31. The summed E-state index contributed by atoms with van der Waals surface area (Å²) in [5.74, 6) is -0.00384. The van der Waals surface area contributed by atoms with Gasteiger partial charge in [-0.25, -0.2) is 0 Å². The van der Waals surface area contributed by atoms with Crippen molar-refractivity contribution in [2.24, 2.45) is 0 Å². The summed E-state index contributed by atoms with van der Waals surface area (Å²) in [6.45, 7) is 1.94. The Labute approximate surface area is 129 Å². The maximum atomic E-state index is 12.4. The largest absolute Gasteiger partial charge is 0.493 e. The second-order valence-electron chi connectivity index (χ2n) is 4.82. The van der Waals surface area contributed by atoms with Gasteiger partial charge in [-0.3, -0.25) is 9.59 Å². The first-order chi connectivity index (χ1) is 10.7. The minimum absolute atomic E-state index is 0.312. The molecule has 0 fully saturated rings. The van der Waals surface area contributed by atoms with E-state index < -0.39 is 0 Å². The Morgan fingerprint density at radius 2 is 1.86 bits per heavy atom. The van der Waals surface area contributed by atoms with Crippen molar-refractivity contribution in [1.82, 2.24) is 0 Å². The molecule has 2 aromatic rings. The molecule has 0 amide bonds. The number of aldehydes is 1. The van der Waals surface area contributed by atoms with Gasteiger partial charge in [-0.15, -0.1) is 0 Å². The van der Waals surface area contributed by atoms with Crippen LogP contribution in [0.4, 0.5) is 0 Å². The standard InChI is InChI=1S/C18H18O4/c1-3-15(14-7-5-4-6-8-14)18(20)22-16-10-9-13(12-19)11-17(16)21-2/h4-12,15H,3H2,1-2H3. The van der Waals surface area contributed by atoms with E-state index in [4.69, 9.17) is 9.47 Å². The summed E-state index contributed by atoms with van der Waals surface area (Å²) in [5.41, 5.74) is 1.38. The zero-order valence-corrected chi connectivity index (χ0v) is 12.6. The fourth-order valence-electron chi connectivity index (χ4n) is 2.25. The molecule has 1 unspecified atom stereocenters. The first-order valence-electron chi connectivity index (χ1n) is 7.09. The van der Waals surface area contributed by atoms with Gasteiger partial charge in [0.15, 0.2) is 11.5 Å². The van der Waals surface area contributed by atoms with Crippen LogP contribution in [0.1, 0.15) is 35.2 Å². The molecule has 0 aliphatic heterocycles. The predicted octanol–water partition coefficient (Wildman–Crippen LogP) is 3.61. The molecule has 0 spiro atoms. The normalized spacial score (nSPS) is 11.5. The zero-order chi connectivity index (χ0) is 15.9. The molecule has 0 aliphatic rings. The monoisotopic (exact) mass is 298 g/mol. The van der Waals surface area contributed by atoms with Gasteiger partial charge in [-0.2, -0.15) is 0 Å². The highest BCUT2D eigenvalue weighted by Crippen LogP contribution is 2.30. The molecule has 0 saturated heterocycles. The second kappa shape index (κ2) is 7.41. The first-order valence-corrected chi connectivity index (χ1v) is 7.09. The van der Waals surface area contributed by atoms with E-state index in [1.165, 1.54) is 7.11 Å². The summed E-state index contributed by atoms with van der Waals surface area (Å²) in [6, 6.07) is 14.2.